The van der Waals surface area contributed by atoms with E-state index in [-0.39, 0.29) is 51.2 Å². The van der Waals surface area contributed by atoms with Gasteiger partial charge >= 0.3 is 29.8 Å². The van der Waals surface area contributed by atoms with Gasteiger partial charge in [-0.2, -0.15) is 0 Å². The maximum absolute atomic E-state index is 12.5. The molecule has 250 valence electrons. The molecule has 0 saturated heterocycles. The second-order valence-corrected chi connectivity index (χ2v) is 10.6. The first kappa shape index (κ1) is 37.2. The minimum Gasteiger partial charge on any atom is -0.480 e. The number of carboxylic acids is 5. The summed E-state index contributed by atoms with van der Waals surface area (Å²) in [7, 11) is 0. The van der Waals surface area contributed by atoms with E-state index in [1.54, 1.807) is 24.3 Å². The van der Waals surface area contributed by atoms with Crippen LogP contribution in [-0.2, 0) is 51.2 Å². The zero-order valence-electron chi connectivity index (χ0n) is 24.8. The number of benzene rings is 1. The number of nitrogens with zero attached hydrogens (tertiary/aromatic N) is 4. The van der Waals surface area contributed by atoms with Gasteiger partial charge in [0.25, 0.3) is 11.8 Å². The number of hydrogen-bond acceptors (Lipinski definition) is 11. The summed E-state index contributed by atoms with van der Waals surface area (Å²) in [6.07, 6.45) is 2.28. The largest absolute Gasteiger partial charge is 0.480 e. The number of rotatable bonds is 23. The van der Waals surface area contributed by atoms with Crippen LogP contribution in [-0.4, -0.2) is 158 Å². The third-order valence-electron chi connectivity index (χ3n) is 6.88. The van der Waals surface area contributed by atoms with Gasteiger partial charge in [0.2, 0.25) is 0 Å². The Morgan fingerprint density at radius 1 is 0.630 bits per heavy atom. The standard InChI is InChI=1S/C29H36N4O13/c34-22(7-8-33-23(35)5-6-24(33)36)12-20-3-1-19(2-4-20)11-21(32(17-28(43)44)18-29(45)46)13-30(14-25(37)38)9-10-31(15-26(39)40)16-27(41)42/h1-6,21H,7-18H2,(H,37,38)(H,39,40)(H,41,42)(H,43,44)(H,45,46)/t21-/m1/s1. The number of amides is 2. The smallest absolute Gasteiger partial charge is 0.317 e. The third-order valence-corrected chi connectivity index (χ3v) is 6.88. The minimum atomic E-state index is -1.33. The predicted octanol–water partition coefficient (Wildman–Crippen LogP) is -1.65. The first-order valence-electron chi connectivity index (χ1n) is 14.0. The van der Waals surface area contributed by atoms with Crippen LogP contribution in [0.15, 0.2) is 36.4 Å². The Balaban J connectivity index is 2.20. The Bertz CT molecular complexity index is 1290. The fourth-order valence-electron chi connectivity index (χ4n) is 4.84. The number of imide groups is 1. The molecule has 0 aliphatic carbocycles. The second-order valence-electron chi connectivity index (χ2n) is 10.6. The van der Waals surface area contributed by atoms with Gasteiger partial charge in [-0.3, -0.25) is 58.0 Å². The van der Waals surface area contributed by atoms with Gasteiger partial charge in [-0.25, -0.2) is 0 Å². The molecule has 0 aromatic heterocycles. The van der Waals surface area contributed by atoms with Crippen molar-refractivity contribution in [1.82, 2.24) is 19.6 Å². The van der Waals surface area contributed by atoms with Gasteiger partial charge in [0, 0.05) is 57.2 Å². The van der Waals surface area contributed by atoms with Gasteiger partial charge < -0.3 is 25.5 Å². The molecule has 0 saturated carbocycles. The SMILES string of the molecule is O=C(O)CN(CCN(CC(=O)O)C[C@@H](Cc1ccc(CC(=O)CCN2C(=O)C=CC2=O)cc1)N(CC(=O)O)CC(=O)O)CC(=O)O. The Morgan fingerprint density at radius 3 is 1.54 bits per heavy atom. The molecule has 1 aromatic rings. The maximum atomic E-state index is 12.5. The van der Waals surface area contributed by atoms with Crippen molar-refractivity contribution in [3.8, 4) is 0 Å². The zero-order valence-corrected chi connectivity index (χ0v) is 24.8. The number of hydrogen-bond donors (Lipinski definition) is 5. The minimum absolute atomic E-state index is 0.00703. The summed E-state index contributed by atoms with van der Waals surface area (Å²) in [6, 6.07) is 5.71. The number of aliphatic carboxylic acids is 5. The highest BCUT2D eigenvalue weighted by molar-refractivity contribution is 6.13. The van der Waals surface area contributed by atoms with Gasteiger partial charge in [-0.05, 0) is 17.5 Å². The number of carbonyl (C=O) groups is 8. The molecule has 1 atom stereocenters. The molecule has 2 rings (SSSR count). The van der Waals surface area contributed by atoms with Crippen LogP contribution in [0.25, 0.3) is 0 Å². The van der Waals surface area contributed by atoms with Crippen LogP contribution in [0.1, 0.15) is 17.5 Å². The highest BCUT2D eigenvalue weighted by atomic mass is 16.4. The number of Topliss-reactive ketones (excluding diaryl/α,β-unsaturated/α-hetero) is 1. The maximum Gasteiger partial charge on any atom is 0.317 e. The predicted molar refractivity (Wildman–Crippen MR) is 156 cm³/mol. The summed E-state index contributed by atoms with van der Waals surface area (Å²) in [6.45, 7) is -3.70. The van der Waals surface area contributed by atoms with E-state index >= 15 is 0 Å². The van der Waals surface area contributed by atoms with Gasteiger partial charge in [0.05, 0.1) is 32.7 Å². The molecule has 1 aromatic carbocycles. The quantitative estimate of drug-likeness (QED) is 0.0834. The van der Waals surface area contributed by atoms with E-state index in [4.69, 9.17) is 10.2 Å². The van der Waals surface area contributed by atoms with Crippen LogP contribution in [0.5, 0.6) is 0 Å². The average Bonchev–Trinajstić information content (AvgIpc) is 3.25. The molecular weight excluding hydrogens is 612 g/mol. The topological polar surface area (TPSA) is 251 Å². The zero-order chi connectivity index (χ0) is 34.4. The van der Waals surface area contributed by atoms with E-state index in [1.165, 1.54) is 4.90 Å². The first-order valence-corrected chi connectivity index (χ1v) is 14.0. The van der Waals surface area contributed by atoms with E-state index in [9.17, 15) is 53.7 Å². The van der Waals surface area contributed by atoms with Gasteiger partial charge in [0.15, 0.2) is 0 Å². The highest BCUT2D eigenvalue weighted by Crippen LogP contribution is 2.15. The third kappa shape index (κ3) is 13.7. The molecule has 1 aliphatic heterocycles. The first-order chi connectivity index (χ1) is 21.6. The summed E-state index contributed by atoms with van der Waals surface area (Å²) < 4.78 is 0. The lowest BCUT2D eigenvalue weighted by atomic mass is 10.00. The van der Waals surface area contributed by atoms with Crippen molar-refractivity contribution in [2.45, 2.75) is 25.3 Å². The second kappa shape index (κ2) is 18.1. The molecule has 46 heavy (non-hydrogen) atoms. The van der Waals surface area contributed by atoms with Gasteiger partial charge in [0.1, 0.15) is 5.78 Å². The molecule has 0 radical (unpaired) electrons. The molecule has 0 unspecified atom stereocenters. The molecule has 17 heteroatoms. The molecule has 0 spiro atoms. The van der Waals surface area contributed by atoms with Crippen molar-refractivity contribution in [2.24, 2.45) is 0 Å². The summed E-state index contributed by atoms with van der Waals surface area (Å²) in [5, 5.41) is 46.6. The lowest BCUT2D eigenvalue weighted by molar-refractivity contribution is -0.144. The van der Waals surface area contributed by atoms with Crippen molar-refractivity contribution in [1.29, 1.82) is 0 Å². The molecule has 1 heterocycles. The van der Waals surface area contributed by atoms with Crippen LogP contribution in [0.2, 0.25) is 0 Å². The molecule has 5 N–H and O–H groups in total. The van der Waals surface area contributed by atoms with Gasteiger partial charge in [-0.1, -0.05) is 24.3 Å². The fourth-order valence-corrected chi connectivity index (χ4v) is 4.84. The van der Waals surface area contributed by atoms with Crippen LogP contribution in [0.4, 0.5) is 0 Å². The van der Waals surface area contributed by atoms with Crippen molar-refractivity contribution in [3.05, 3.63) is 47.5 Å². The van der Waals surface area contributed by atoms with E-state index in [0.29, 0.717) is 11.1 Å². The van der Waals surface area contributed by atoms with E-state index in [1.807, 2.05) is 0 Å². The molecule has 1 aliphatic rings. The molecule has 0 fully saturated rings. The molecular formula is C29H36N4O13. The van der Waals surface area contributed by atoms with Crippen LogP contribution in [0, 0.1) is 0 Å². The van der Waals surface area contributed by atoms with Gasteiger partial charge in [-0.15, -0.1) is 0 Å². The Kier molecular flexibility index (Phi) is 14.6. The van der Waals surface area contributed by atoms with Crippen LogP contribution < -0.4 is 0 Å². The summed E-state index contributed by atoms with van der Waals surface area (Å²) >= 11 is 0. The summed E-state index contributed by atoms with van der Waals surface area (Å²) in [4.78, 5) is 97.6. The lowest BCUT2D eigenvalue weighted by Gasteiger charge is -2.34. The van der Waals surface area contributed by atoms with Crippen molar-refractivity contribution < 1.29 is 63.9 Å². The van der Waals surface area contributed by atoms with Crippen molar-refractivity contribution in [3.63, 3.8) is 0 Å². The number of ketones is 1. The molecule has 17 nitrogen and oxygen atoms in total. The average molecular weight is 649 g/mol. The monoisotopic (exact) mass is 648 g/mol. The summed E-state index contributed by atoms with van der Waals surface area (Å²) in [5.74, 6) is -7.72. The number of carboxylic acid groups (broad SMARTS) is 5. The normalized spacial score (nSPS) is 13.5. The van der Waals surface area contributed by atoms with Crippen LogP contribution in [0.3, 0.4) is 0 Å². The van der Waals surface area contributed by atoms with Crippen LogP contribution >= 0.6 is 0 Å². The fraction of sp³-hybridized carbons (Fsp3) is 0.448. The van der Waals surface area contributed by atoms with E-state index in [0.717, 1.165) is 26.9 Å². The summed E-state index contributed by atoms with van der Waals surface area (Å²) in [5.41, 5.74) is 1.22. The highest BCUT2D eigenvalue weighted by Gasteiger charge is 2.28. The lowest BCUT2D eigenvalue weighted by Crippen LogP contribution is -2.51. The Morgan fingerprint density at radius 2 is 1.07 bits per heavy atom. The van der Waals surface area contributed by atoms with E-state index in [2.05, 4.69) is 0 Å². The van der Waals surface area contributed by atoms with Crippen molar-refractivity contribution >= 4 is 47.4 Å². The Hall–Kier alpha value is -5.00. The molecule has 0 bridgehead atoms. The molecule has 2 amide bonds. The Labute approximate surface area is 262 Å². The van der Waals surface area contributed by atoms with E-state index < -0.39 is 80.4 Å². The van der Waals surface area contributed by atoms with Crippen molar-refractivity contribution in [2.75, 3.05) is 58.9 Å². The number of carbonyl (C=O) groups excluding carboxylic acids is 3.